The molecule has 1 aromatic heterocycles. The predicted molar refractivity (Wildman–Crippen MR) is 103 cm³/mol. The van der Waals surface area contributed by atoms with E-state index in [1.54, 1.807) is 18.2 Å². The van der Waals surface area contributed by atoms with Crippen LogP contribution in [0.25, 0.3) is 10.9 Å². The summed E-state index contributed by atoms with van der Waals surface area (Å²) in [5, 5.41) is 3.70. The van der Waals surface area contributed by atoms with Crippen molar-refractivity contribution in [1.82, 2.24) is 4.98 Å². The molecule has 31 heavy (non-hydrogen) atoms. The number of rotatable bonds is 5. The number of hydrogen-bond donors (Lipinski definition) is 1. The van der Waals surface area contributed by atoms with Crippen molar-refractivity contribution in [3.05, 3.63) is 59.3 Å². The first-order valence-electron chi connectivity index (χ1n) is 8.64. The fourth-order valence-electron chi connectivity index (χ4n) is 2.82. The number of fused-ring (bicyclic) bond motifs is 1. The van der Waals surface area contributed by atoms with E-state index in [1.165, 1.54) is 26.5 Å². The van der Waals surface area contributed by atoms with Gasteiger partial charge in [0.2, 0.25) is 0 Å². The highest BCUT2D eigenvalue weighted by molar-refractivity contribution is 5.94. The second-order valence-electron chi connectivity index (χ2n) is 6.24. The number of nitrogens with one attached hydrogen (secondary N) is 1. The number of hydrazone groups is 1. The Hall–Kier alpha value is -3.50. The van der Waals surface area contributed by atoms with Gasteiger partial charge in [-0.2, -0.15) is 31.4 Å². The third-order valence-corrected chi connectivity index (χ3v) is 4.24. The lowest BCUT2D eigenvalue weighted by molar-refractivity contribution is -0.142. The van der Waals surface area contributed by atoms with Gasteiger partial charge in [0.25, 0.3) is 0 Å². The third-order valence-electron chi connectivity index (χ3n) is 4.24. The molecular formula is C20H15F6N3O2. The Morgan fingerprint density at radius 2 is 1.61 bits per heavy atom. The normalized spacial score (nSPS) is 12.4. The summed E-state index contributed by atoms with van der Waals surface area (Å²) in [7, 11) is 2.88. The molecule has 1 N–H and O–H groups in total. The molecule has 0 aliphatic carbocycles. The van der Waals surface area contributed by atoms with Gasteiger partial charge in [-0.1, -0.05) is 12.1 Å². The minimum absolute atomic E-state index is 0.160. The number of pyridine rings is 1. The van der Waals surface area contributed by atoms with Gasteiger partial charge in [0, 0.05) is 5.39 Å². The summed E-state index contributed by atoms with van der Waals surface area (Å²) < 4.78 is 89.8. The van der Waals surface area contributed by atoms with Crippen LogP contribution in [0.3, 0.4) is 0 Å². The van der Waals surface area contributed by atoms with E-state index in [-0.39, 0.29) is 11.1 Å². The minimum atomic E-state index is -4.95. The third kappa shape index (κ3) is 4.81. The van der Waals surface area contributed by atoms with E-state index in [2.05, 4.69) is 15.5 Å². The molecule has 0 spiro atoms. The molecule has 164 valence electrons. The van der Waals surface area contributed by atoms with Gasteiger partial charge in [-0.05, 0) is 35.9 Å². The molecule has 0 amide bonds. The molecule has 5 nitrogen and oxygen atoms in total. The number of para-hydroxylation sites is 1. The zero-order valence-corrected chi connectivity index (χ0v) is 16.1. The topological polar surface area (TPSA) is 55.7 Å². The molecule has 0 unspecified atom stereocenters. The largest absolute Gasteiger partial charge is 0.493 e. The molecule has 0 saturated carbocycles. The fraction of sp³-hybridized carbons (Fsp3) is 0.200. The van der Waals surface area contributed by atoms with E-state index in [1.807, 2.05) is 0 Å². The van der Waals surface area contributed by atoms with Crippen LogP contribution in [0, 0.1) is 0 Å². The van der Waals surface area contributed by atoms with Crippen molar-refractivity contribution in [2.45, 2.75) is 12.4 Å². The Morgan fingerprint density at radius 1 is 0.903 bits per heavy atom. The second-order valence-corrected chi connectivity index (χ2v) is 6.24. The van der Waals surface area contributed by atoms with Gasteiger partial charge in [-0.15, -0.1) is 0 Å². The molecule has 0 aliphatic heterocycles. The van der Waals surface area contributed by atoms with Gasteiger partial charge >= 0.3 is 12.4 Å². The Kier molecular flexibility index (Phi) is 5.96. The van der Waals surface area contributed by atoms with E-state index in [0.29, 0.717) is 29.2 Å². The van der Waals surface area contributed by atoms with Gasteiger partial charge < -0.3 is 9.47 Å². The number of anilines is 1. The van der Waals surface area contributed by atoms with E-state index in [9.17, 15) is 26.3 Å². The highest BCUT2D eigenvalue weighted by Crippen LogP contribution is 2.39. The van der Waals surface area contributed by atoms with Crippen LogP contribution in [-0.4, -0.2) is 25.4 Å². The number of halogens is 6. The van der Waals surface area contributed by atoms with Crippen molar-refractivity contribution < 1.29 is 35.8 Å². The quantitative estimate of drug-likeness (QED) is 0.311. The first-order chi connectivity index (χ1) is 14.5. The zero-order chi connectivity index (χ0) is 22.8. The van der Waals surface area contributed by atoms with Crippen LogP contribution in [0.5, 0.6) is 11.5 Å². The molecular weight excluding hydrogens is 428 g/mol. The molecule has 11 heteroatoms. The minimum Gasteiger partial charge on any atom is -0.493 e. The highest BCUT2D eigenvalue weighted by Gasteiger charge is 2.37. The Labute approximate surface area is 172 Å². The van der Waals surface area contributed by atoms with Crippen molar-refractivity contribution >= 4 is 22.8 Å². The number of nitrogens with zero attached hydrogens (tertiary/aromatic N) is 2. The average molecular weight is 443 g/mol. The van der Waals surface area contributed by atoms with E-state index < -0.39 is 29.1 Å². The maximum absolute atomic E-state index is 13.3. The summed E-state index contributed by atoms with van der Waals surface area (Å²) in [5.74, 6) is 0.859. The molecule has 0 fully saturated rings. The van der Waals surface area contributed by atoms with Crippen LogP contribution in [0.15, 0.2) is 47.6 Å². The maximum atomic E-state index is 13.3. The van der Waals surface area contributed by atoms with Crippen molar-refractivity contribution in [2.75, 3.05) is 19.6 Å². The molecule has 0 bridgehead atoms. The monoisotopic (exact) mass is 443 g/mol. The highest BCUT2D eigenvalue weighted by atomic mass is 19.4. The Balaban J connectivity index is 2.04. The van der Waals surface area contributed by atoms with Crippen LogP contribution in [0.1, 0.15) is 16.8 Å². The number of aromatic nitrogens is 1. The number of alkyl halides is 6. The predicted octanol–water partition coefficient (Wildman–Crippen LogP) is 5.74. The summed E-state index contributed by atoms with van der Waals surface area (Å²) in [6, 6.07) is 8.37. The van der Waals surface area contributed by atoms with Gasteiger partial charge in [0.1, 0.15) is 5.69 Å². The van der Waals surface area contributed by atoms with Crippen LogP contribution in [0.2, 0.25) is 0 Å². The van der Waals surface area contributed by atoms with Crippen LogP contribution in [0.4, 0.5) is 32.0 Å². The average Bonchev–Trinajstić information content (AvgIpc) is 2.71. The zero-order valence-electron chi connectivity index (χ0n) is 16.1. The van der Waals surface area contributed by atoms with E-state index >= 15 is 0 Å². The molecule has 1 heterocycles. The lowest BCUT2D eigenvalue weighted by Gasteiger charge is -2.15. The number of ether oxygens (including phenoxy) is 2. The second kappa shape index (κ2) is 8.32. The Morgan fingerprint density at radius 3 is 2.23 bits per heavy atom. The number of benzene rings is 2. The molecule has 0 aliphatic rings. The van der Waals surface area contributed by atoms with E-state index in [4.69, 9.17) is 9.47 Å². The van der Waals surface area contributed by atoms with Gasteiger partial charge in [0.15, 0.2) is 11.5 Å². The SMILES string of the molecule is COc1ccc(C=NNc2cc(C(F)(F)F)nc3c(C(F)(F)F)cccc23)cc1OC. The van der Waals surface area contributed by atoms with Gasteiger partial charge in [-0.3, -0.25) is 5.43 Å². The van der Waals surface area contributed by atoms with Gasteiger partial charge in [-0.25, -0.2) is 4.98 Å². The molecule has 0 atom stereocenters. The molecule has 0 radical (unpaired) electrons. The standard InChI is InChI=1S/C20H15F6N3O2/c1-30-15-7-6-11(8-16(15)31-2)10-27-29-14-9-17(20(24,25)26)28-18-12(14)4-3-5-13(18)19(21,22)23/h3-10H,1-2H3,(H,28,29). The molecule has 3 rings (SSSR count). The smallest absolute Gasteiger partial charge is 0.433 e. The summed E-state index contributed by atoms with van der Waals surface area (Å²) in [6.45, 7) is 0. The fourth-order valence-corrected chi connectivity index (χ4v) is 2.82. The van der Waals surface area contributed by atoms with Crippen molar-refractivity contribution in [3.63, 3.8) is 0 Å². The lowest BCUT2D eigenvalue weighted by Crippen LogP contribution is -2.12. The summed E-state index contributed by atoms with van der Waals surface area (Å²) in [5.41, 5.74) is -0.957. The summed E-state index contributed by atoms with van der Waals surface area (Å²) in [4.78, 5) is 3.21. The molecule has 0 saturated heterocycles. The van der Waals surface area contributed by atoms with E-state index in [0.717, 1.165) is 6.07 Å². The van der Waals surface area contributed by atoms with Gasteiger partial charge in [0.05, 0.1) is 37.2 Å². The number of methoxy groups -OCH3 is 2. The summed E-state index contributed by atoms with van der Waals surface area (Å²) in [6.07, 6.45) is -8.55. The van der Waals surface area contributed by atoms with Crippen LogP contribution >= 0.6 is 0 Å². The lowest BCUT2D eigenvalue weighted by atomic mass is 10.1. The van der Waals surface area contributed by atoms with Crippen LogP contribution in [-0.2, 0) is 12.4 Å². The van der Waals surface area contributed by atoms with Crippen molar-refractivity contribution in [2.24, 2.45) is 5.10 Å². The molecule has 3 aromatic rings. The first-order valence-corrected chi connectivity index (χ1v) is 8.64. The first kappa shape index (κ1) is 22.2. The Bertz CT molecular complexity index is 1130. The van der Waals surface area contributed by atoms with Crippen LogP contribution < -0.4 is 14.9 Å². The maximum Gasteiger partial charge on any atom is 0.433 e. The number of hydrogen-bond acceptors (Lipinski definition) is 5. The molecule has 2 aromatic carbocycles. The van der Waals surface area contributed by atoms with Crippen molar-refractivity contribution in [3.8, 4) is 11.5 Å². The van der Waals surface area contributed by atoms with Crippen molar-refractivity contribution in [1.29, 1.82) is 0 Å². The summed E-state index contributed by atoms with van der Waals surface area (Å²) >= 11 is 0.